The van der Waals surface area contributed by atoms with Crippen molar-refractivity contribution in [1.29, 1.82) is 0 Å². The Morgan fingerprint density at radius 1 is 0.526 bits per heavy atom. The second-order valence-corrected chi connectivity index (χ2v) is 7.21. The Labute approximate surface area is 204 Å². The first-order valence-electron chi connectivity index (χ1n) is 10.2. The van der Waals surface area contributed by atoms with Gasteiger partial charge in [0.2, 0.25) is 6.10 Å². The van der Waals surface area contributed by atoms with E-state index < -0.39 is 73.5 Å². The number of alkyl halides is 12. The van der Waals surface area contributed by atoms with Gasteiger partial charge in [0.05, 0.1) is 0 Å². The molecule has 0 saturated heterocycles. The largest absolute Gasteiger partial charge is 0.491 e. The smallest absolute Gasteiger partial charge is 0.443 e. The lowest BCUT2D eigenvalue weighted by atomic mass is 10.1. The zero-order valence-electron chi connectivity index (χ0n) is 18.8. The molecule has 8 nitrogen and oxygen atoms in total. The summed E-state index contributed by atoms with van der Waals surface area (Å²) in [6.45, 7) is 1.75. The van der Waals surface area contributed by atoms with E-state index in [1.165, 1.54) is 0 Å². The fourth-order valence-electron chi connectivity index (χ4n) is 2.43. The Kier molecular flexibility index (Phi) is 12.2. The van der Waals surface area contributed by atoms with Crippen molar-refractivity contribution < 1.29 is 90.8 Å². The van der Waals surface area contributed by atoms with E-state index in [1.807, 2.05) is 0 Å². The van der Waals surface area contributed by atoms with Gasteiger partial charge in [0.15, 0.2) is 0 Å². The molecule has 222 valence electrons. The Bertz CT molecular complexity index is 760. The summed E-state index contributed by atoms with van der Waals surface area (Å²) in [6, 6.07) is 0. The molecule has 0 heterocycles. The third-order valence-electron chi connectivity index (χ3n) is 4.09. The number of carbonyl (C=O) groups excluding carboxylic acids is 4. The normalized spacial score (nSPS) is 13.9. The van der Waals surface area contributed by atoms with E-state index in [1.54, 1.807) is 6.92 Å². The molecular weight excluding hydrogens is 572 g/mol. The molecule has 0 spiro atoms. The van der Waals surface area contributed by atoms with Crippen molar-refractivity contribution in [2.75, 3.05) is 0 Å². The molecule has 0 saturated carbocycles. The lowest BCUT2D eigenvalue weighted by Crippen LogP contribution is -2.59. The molecule has 0 aromatic rings. The van der Waals surface area contributed by atoms with Crippen LogP contribution in [0.1, 0.15) is 51.9 Å². The molecule has 0 N–H and O–H groups in total. The average molecular weight is 590 g/mol. The third kappa shape index (κ3) is 11.6. The molecule has 1 atom stereocenters. The van der Waals surface area contributed by atoms with E-state index in [0.29, 0.717) is 19.3 Å². The number of hydrogen-bond donors (Lipinski definition) is 0. The van der Waals surface area contributed by atoms with E-state index in [0.717, 1.165) is 0 Å². The molecule has 20 heteroatoms. The van der Waals surface area contributed by atoms with Crippen molar-refractivity contribution in [3.8, 4) is 0 Å². The number of esters is 4. The van der Waals surface area contributed by atoms with Crippen LogP contribution in [0, 0.1) is 0 Å². The number of rotatable bonds is 12. The maximum Gasteiger partial charge on any atom is 0.491 e. The van der Waals surface area contributed by atoms with Gasteiger partial charge in [0, 0.05) is 0 Å². The molecule has 0 radical (unpaired) electrons. The molecule has 0 aromatic heterocycles. The summed E-state index contributed by atoms with van der Waals surface area (Å²) in [7, 11) is 0. The van der Waals surface area contributed by atoms with Gasteiger partial charge in [-0.15, -0.1) is 0 Å². The van der Waals surface area contributed by atoms with Gasteiger partial charge in [-0.2, -0.15) is 52.7 Å². The second-order valence-electron chi connectivity index (χ2n) is 7.21. The topological polar surface area (TPSA) is 105 Å². The van der Waals surface area contributed by atoms with E-state index in [2.05, 4.69) is 18.9 Å². The highest BCUT2D eigenvalue weighted by atomic mass is 19.4. The Morgan fingerprint density at radius 3 is 1.16 bits per heavy atom. The summed E-state index contributed by atoms with van der Waals surface area (Å²) in [5.74, 6) is -20.1. The minimum Gasteiger partial charge on any atom is -0.443 e. The Balaban J connectivity index is 6.85. The van der Waals surface area contributed by atoms with Crippen molar-refractivity contribution >= 4 is 23.9 Å². The van der Waals surface area contributed by atoms with Gasteiger partial charge in [-0.25, -0.2) is 19.2 Å². The van der Waals surface area contributed by atoms with Gasteiger partial charge in [0.1, 0.15) is 0 Å². The minimum absolute atomic E-state index is 0.135. The van der Waals surface area contributed by atoms with Crippen LogP contribution in [-0.2, 0) is 38.1 Å². The molecule has 0 aliphatic heterocycles. The van der Waals surface area contributed by atoms with Crippen LogP contribution < -0.4 is 0 Å². The quantitative estimate of drug-likeness (QED) is 0.133. The maximum absolute atomic E-state index is 12.8. The van der Waals surface area contributed by atoms with Crippen LogP contribution in [0.25, 0.3) is 0 Å². The number of ether oxygens (including phenoxy) is 4. The van der Waals surface area contributed by atoms with Crippen molar-refractivity contribution in [2.24, 2.45) is 0 Å². The molecular formula is C18H18F12O8. The molecule has 0 amide bonds. The summed E-state index contributed by atoms with van der Waals surface area (Å²) in [4.78, 5) is 45.3. The summed E-state index contributed by atoms with van der Waals surface area (Å²) in [6.07, 6.45) is -29.0. The minimum atomic E-state index is -6.32. The van der Waals surface area contributed by atoms with Crippen LogP contribution in [0.3, 0.4) is 0 Å². The average Bonchev–Trinajstić information content (AvgIpc) is 2.72. The van der Waals surface area contributed by atoms with Gasteiger partial charge in [-0.3, -0.25) is 0 Å². The highest BCUT2D eigenvalue weighted by Gasteiger charge is 2.63. The highest BCUT2D eigenvalue weighted by Crippen LogP contribution is 2.36. The van der Waals surface area contributed by atoms with Crippen LogP contribution in [0.5, 0.6) is 0 Å². The van der Waals surface area contributed by atoms with Gasteiger partial charge >= 0.3 is 54.6 Å². The summed E-state index contributed by atoms with van der Waals surface area (Å²) in [5, 5.41) is 0. The number of unbranched alkanes of at least 4 members (excludes halogenated alkanes) is 5. The first-order valence-corrected chi connectivity index (χ1v) is 10.2. The second kappa shape index (κ2) is 13.2. The summed E-state index contributed by atoms with van der Waals surface area (Å²) in [5.41, 5.74) is 0. The Hall–Kier alpha value is -2.96. The fourth-order valence-corrected chi connectivity index (χ4v) is 2.43. The molecule has 0 rings (SSSR count). The van der Waals surface area contributed by atoms with Crippen molar-refractivity contribution in [3.05, 3.63) is 0 Å². The monoisotopic (exact) mass is 590 g/mol. The standard InChI is InChI=1S/C18H18F12O8/c1-2-3-4-5-6-7-8-9(35-10(31)14(19,20)21)18(36-11(32)15(22,23)24,37-12(33)16(25,26)27)38-13(34)17(28,29)30/h9H,2-8H2,1H3. The fraction of sp³-hybridized carbons (Fsp3) is 0.778. The SMILES string of the molecule is CCCCCCCCC(OC(=O)C(F)(F)F)C(OC(=O)C(F)(F)F)(OC(=O)C(F)(F)F)OC(=O)C(F)(F)F. The summed E-state index contributed by atoms with van der Waals surface area (Å²) >= 11 is 0. The first-order chi connectivity index (χ1) is 17.0. The maximum atomic E-state index is 12.8. The van der Waals surface area contributed by atoms with Crippen LogP contribution in [0.2, 0.25) is 0 Å². The molecule has 0 aliphatic rings. The van der Waals surface area contributed by atoms with Gasteiger partial charge < -0.3 is 18.9 Å². The lowest BCUT2D eigenvalue weighted by molar-refractivity contribution is -0.387. The number of halogens is 12. The molecule has 0 bridgehead atoms. The lowest BCUT2D eigenvalue weighted by Gasteiger charge is -2.36. The first kappa shape index (κ1) is 35.0. The van der Waals surface area contributed by atoms with E-state index in [-0.39, 0.29) is 12.8 Å². The zero-order valence-corrected chi connectivity index (χ0v) is 18.8. The van der Waals surface area contributed by atoms with Gasteiger partial charge in [-0.1, -0.05) is 39.0 Å². The van der Waals surface area contributed by atoms with Crippen LogP contribution in [-0.4, -0.2) is 60.7 Å². The molecule has 38 heavy (non-hydrogen) atoms. The van der Waals surface area contributed by atoms with Crippen LogP contribution in [0.4, 0.5) is 52.7 Å². The van der Waals surface area contributed by atoms with Gasteiger partial charge in [-0.05, 0) is 12.8 Å². The van der Waals surface area contributed by atoms with E-state index in [9.17, 15) is 71.9 Å². The van der Waals surface area contributed by atoms with Crippen molar-refractivity contribution in [2.45, 2.75) is 88.7 Å². The molecule has 0 aliphatic carbocycles. The van der Waals surface area contributed by atoms with Crippen LogP contribution in [0.15, 0.2) is 0 Å². The van der Waals surface area contributed by atoms with Gasteiger partial charge in [0.25, 0.3) is 0 Å². The Morgan fingerprint density at radius 2 is 0.842 bits per heavy atom. The number of hydrogen-bond acceptors (Lipinski definition) is 8. The zero-order chi connectivity index (χ0) is 30.2. The molecule has 0 aromatic carbocycles. The third-order valence-corrected chi connectivity index (χ3v) is 4.09. The highest BCUT2D eigenvalue weighted by molar-refractivity contribution is 5.80. The summed E-state index contributed by atoms with van der Waals surface area (Å²) < 4.78 is 167. The predicted molar refractivity (Wildman–Crippen MR) is 93.1 cm³/mol. The van der Waals surface area contributed by atoms with Crippen LogP contribution >= 0.6 is 0 Å². The molecule has 0 fully saturated rings. The number of carbonyl (C=O) groups is 4. The van der Waals surface area contributed by atoms with Crippen molar-refractivity contribution in [1.82, 2.24) is 0 Å². The predicted octanol–water partition coefficient (Wildman–Crippen LogP) is 5.18. The van der Waals surface area contributed by atoms with E-state index >= 15 is 0 Å². The molecule has 1 unspecified atom stereocenters. The van der Waals surface area contributed by atoms with Crippen molar-refractivity contribution in [3.63, 3.8) is 0 Å². The van der Waals surface area contributed by atoms with E-state index in [4.69, 9.17) is 0 Å².